The molecule has 0 bridgehead atoms. The molecule has 0 saturated carbocycles. The summed E-state index contributed by atoms with van der Waals surface area (Å²) in [5.74, 6) is 0.0717. The first kappa shape index (κ1) is 12.2. The molecule has 0 fully saturated rings. The van der Waals surface area contributed by atoms with Gasteiger partial charge in [-0.25, -0.2) is 0 Å². The highest BCUT2D eigenvalue weighted by molar-refractivity contribution is 6.11. The van der Waals surface area contributed by atoms with Gasteiger partial charge in [-0.3, -0.25) is 4.79 Å². The fourth-order valence-electron chi connectivity index (χ4n) is 1.74. The lowest BCUT2D eigenvalue weighted by atomic mass is 10.0. The highest BCUT2D eigenvalue weighted by Gasteiger charge is 2.17. The van der Waals surface area contributed by atoms with Gasteiger partial charge in [0.1, 0.15) is 0 Å². The zero-order valence-corrected chi connectivity index (χ0v) is 10.1. The fourth-order valence-corrected chi connectivity index (χ4v) is 1.74. The molecular weight excluding hydrogens is 228 g/mol. The summed E-state index contributed by atoms with van der Waals surface area (Å²) in [6.07, 6.45) is 0. The number of ketones is 1. The molecule has 0 radical (unpaired) electrons. The lowest BCUT2D eigenvalue weighted by Gasteiger charge is -2.10. The first-order valence-electron chi connectivity index (χ1n) is 5.78. The van der Waals surface area contributed by atoms with Crippen molar-refractivity contribution in [3.05, 3.63) is 59.7 Å². The van der Waals surface area contributed by atoms with E-state index < -0.39 is 0 Å². The molecule has 0 unspecified atom stereocenters. The summed E-state index contributed by atoms with van der Waals surface area (Å²) in [5.41, 5.74) is 0.951. The van der Waals surface area contributed by atoms with Crippen LogP contribution in [0.25, 0.3) is 0 Å². The molecule has 0 spiro atoms. The van der Waals surface area contributed by atoms with Gasteiger partial charge in [-0.15, -0.1) is 0 Å². The number of hydrogen-bond acceptors (Lipinski definition) is 3. The van der Waals surface area contributed by atoms with Crippen LogP contribution in [0.1, 0.15) is 22.8 Å². The van der Waals surface area contributed by atoms with Gasteiger partial charge < -0.3 is 9.84 Å². The molecule has 0 aliphatic carbocycles. The summed E-state index contributed by atoms with van der Waals surface area (Å²) in [5, 5.41) is 9.74. The number of para-hydroxylation sites is 1. The van der Waals surface area contributed by atoms with E-state index in [1.165, 1.54) is 6.07 Å². The van der Waals surface area contributed by atoms with Gasteiger partial charge >= 0.3 is 0 Å². The number of aromatic hydroxyl groups is 1. The van der Waals surface area contributed by atoms with E-state index in [4.69, 9.17) is 4.74 Å². The van der Waals surface area contributed by atoms with Crippen molar-refractivity contribution in [2.45, 2.75) is 6.92 Å². The Bertz CT molecular complexity index is 547. The second-order valence-electron chi connectivity index (χ2n) is 3.78. The highest BCUT2D eigenvalue weighted by Crippen LogP contribution is 2.31. The minimum atomic E-state index is -0.157. The molecule has 1 N–H and O–H groups in total. The molecule has 18 heavy (non-hydrogen) atoms. The number of hydrogen-bond donors (Lipinski definition) is 1. The monoisotopic (exact) mass is 242 g/mol. The van der Waals surface area contributed by atoms with E-state index in [1.54, 1.807) is 36.4 Å². The summed E-state index contributed by atoms with van der Waals surface area (Å²) < 4.78 is 5.34. The number of ether oxygens (including phenoxy) is 1. The summed E-state index contributed by atoms with van der Waals surface area (Å²) in [7, 11) is 0. The van der Waals surface area contributed by atoms with Crippen LogP contribution in [0.4, 0.5) is 0 Å². The van der Waals surface area contributed by atoms with E-state index in [0.29, 0.717) is 17.7 Å². The minimum absolute atomic E-state index is 0.0152. The van der Waals surface area contributed by atoms with Crippen molar-refractivity contribution in [1.29, 1.82) is 0 Å². The van der Waals surface area contributed by atoms with Crippen molar-refractivity contribution in [1.82, 2.24) is 0 Å². The van der Waals surface area contributed by atoms with Crippen LogP contribution in [0, 0.1) is 0 Å². The molecule has 0 aliphatic rings. The predicted octanol–water partition coefficient (Wildman–Crippen LogP) is 3.02. The van der Waals surface area contributed by atoms with Crippen molar-refractivity contribution in [2.24, 2.45) is 0 Å². The van der Waals surface area contributed by atoms with Crippen molar-refractivity contribution in [2.75, 3.05) is 6.61 Å². The van der Waals surface area contributed by atoms with Crippen LogP contribution in [0.5, 0.6) is 11.5 Å². The second kappa shape index (κ2) is 5.36. The summed E-state index contributed by atoms with van der Waals surface area (Å²) in [6, 6.07) is 13.7. The van der Waals surface area contributed by atoms with E-state index in [2.05, 4.69) is 0 Å². The summed E-state index contributed by atoms with van der Waals surface area (Å²) in [6.45, 7) is 2.20. The molecule has 0 aromatic heterocycles. The second-order valence-corrected chi connectivity index (χ2v) is 3.78. The number of phenolic OH excluding ortho intramolecular Hbond substituents is 1. The molecule has 2 aromatic carbocycles. The Hall–Kier alpha value is -2.29. The zero-order chi connectivity index (χ0) is 13.0. The van der Waals surface area contributed by atoms with Crippen LogP contribution in [-0.4, -0.2) is 17.5 Å². The third-order valence-corrected chi connectivity index (χ3v) is 2.56. The quantitative estimate of drug-likeness (QED) is 0.838. The van der Waals surface area contributed by atoms with E-state index in [1.807, 2.05) is 13.0 Å². The van der Waals surface area contributed by atoms with E-state index >= 15 is 0 Å². The lowest BCUT2D eigenvalue weighted by molar-refractivity contribution is 0.103. The van der Waals surface area contributed by atoms with E-state index in [9.17, 15) is 9.90 Å². The number of carbonyl (C=O) groups excluding carboxylic acids is 1. The molecule has 0 aliphatic heterocycles. The molecule has 0 heterocycles. The Kier molecular flexibility index (Phi) is 3.63. The average Bonchev–Trinajstić information content (AvgIpc) is 2.41. The Morgan fingerprint density at radius 3 is 2.50 bits per heavy atom. The molecule has 92 valence electrons. The van der Waals surface area contributed by atoms with E-state index in [-0.39, 0.29) is 17.3 Å². The first-order valence-corrected chi connectivity index (χ1v) is 5.78. The fraction of sp³-hybridized carbons (Fsp3) is 0.133. The lowest BCUT2D eigenvalue weighted by Crippen LogP contribution is -2.05. The predicted molar refractivity (Wildman–Crippen MR) is 69.2 cm³/mol. The summed E-state index contributed by atoms with van der Waals surface area (Å²) in [4.78, 5) is 12.3. The standard InChI is InChI=1S/C15H14O3/c1-2-18-15-12(9-6-10-13(15)16)14(17)11-7-4-3-5-8-11/h3-10,16H,2H2,1H3. The van der Waals surface area contributed by atoms with Gasteiger partial charge in [-0.2, -0.15) is 0 Å². The Labute approximate surface area is 106 Å². The third kappa shape index (κ3) is 2.35. The van der Waals surface area contributed by atoms with Crippen molar-refractivity contribution in [3.8, 4) is 11.5 Å². The Morgan fingerprint density at radius 1 is 1.11 bits per heavy atom. The summed E-state index contributed by atoms with van der Waals surface area (Å²) >= 11 is 0. The van der Waals surface area contributed by atoms with Gasteiger partial charge in [0.25, 0.3) is 0 Å². The SMILES string of the molecule is CCOc1c(O)cccc1C(=O)c1ccccc1. The smallest absolute Gasteiger partial charge is 0.196 e. The number of carbonyl (C=O) groups is 1. The van der Waals surface area contributed by atoms with Gasteiger partial charge in [0.05, 0.1) is 12.2 Å². The van der Waals surface area contributed by atoms with Crippen LogP contribution in [-0.2, 0) is 0 Å². The van der Waals surface area contributed by atoms with Crippen LogP contribution in [0.3, 0.4) is 0 Å². The molecule has 3 nitrogen and oxygen atoms in total. The molecule has 2 aromatic rings. The minimum Gasteiger partial charge on any atom is -0.504 e. The number of rotatable bonds is 4. The van der Waals surface area contributed by atoms with Gasteiger partial charge in [0.2, 0.25) is 0 Å². The normalized spacial score (nSPS) is 10.1. The first-order chi connectivity index (χ1) is 8.74. The van der Waals surface area contributed by atoms with Gasteiger partial charge in [-0.1, -0.05) is 36.4 Å². The molecular formula is C15H14O3. The zero-order valence-electron chi connectivity index (χ0n) is 10.1. The Balaban J connectivity index is 2.45. The van der Waals surface area contributed by atoms with Crippen molar-refractivity contribution < 1.29 is 14.6 Å². The van der Waals surface area contributed by atoms with Crippen LogP contribution in [0.2, 0.25) is 0 Å². The van der Waals surface area contributed by atoms with Crippen molar-refractivity contribution >= 4 is 5.78 Å². The van der Waals surface area contributed by atoms with E-state index in [0.717, 1.165) is 0 Å². The molecule has 3 heteroatoms. The van der Waals surface area contributed by atoms with Gasteiger partial charge in [0, 0.05) is 5.56 Å². The number of benzene rings is 2. The number of phenols is 1. The van der Waals surface area contributed by atoms with Crippen LogP contribution >= 0.6 is 0 Å². The Morgan fingerprint density at radius 2 is 1.83 bits per heavy atom. The maximum absolute atomic E-state index is 12.3. The van der Waals surface area contributed by atoms with Crippen LogP contribution in [0.15, 0.2) is 48.5 Å². The molecule has 2 rings (SSSR count). The van der Waals surface area contributed by atoms with Crippen molar-refractivity contribution in [3.63, 3.8) is 0 Å². The third-order valence-electron chi connectivity index (χ3n) is 2.56. The highest BCUT2D eigenvalue weighted by atomic mass is 16.5. The maximum atomic E-state index is 12.3. The topological polar surface area (TPSA) is 46.5 Å². The van der Waals surface area contributed by atoms with Gasteiger partial charge in [0.15, 0.2) is 17.3 Å². The molecule has 0 saturated heterocycles. The largest absolute Gasteiger partial charge is 0.504 e. The average molecular weight is 242 g/mol. The molecule has 0 amide bonds. The maximum Gasteiger partial charge on any atom is 0.196 e. The molecule has 0 atom stereocenters. The van der Waals surface area contributed by atoms with Gasteiger partial charge in [-0.05, 0) is 19.1 Å². The van der Waals surface area contributed by atoms with Crippen LogP contribution < -0.4 is 4.74 Å².